The lowest BCUT2D eigenvalue weighted by Crippen LogP contribution is -2.15. The van der Waals surface area contributed by atoms with Crippen LogP contribution in [-0.4, -0.2) is 21.4 Å². The van der Waals surface area contributed by atoms with E-state index >= 15 is 0 Å². The molecule has 0 aliphatic rings. The van der Waals surface area contributed by atoms with Gasteiger partial charge < -0.3 is 0 Å². The molecule has 0 aliphatic carbocycles. The van der Waals surface area contributed by atoms with E-state index in [0.29, 0.717) is 11.5 Å². The molecule has 0 spiro atoms. The van der Waals surface area contributed by atoms with E-state index in [4.69, 9.17) is 0 Å². The quantitative estimate of drug-likeness (QED) is 0.497. The predicted molar refractivity (Wildman–Crippen MR) is 77.8 cm³/mol. The number of rotatable bonds is 3. The highest BCUT2D eigenvalue weighted by molar-refractivity contribution is 14.1. The van der Waals surface area contributed by atoms with E-state index in [1.807, 2.05) is 24.3 Å². The van der Waals surface area contributed by atoms with Crippen molar-refractivity contribution in [3.8, 4) is 0 Å². The minimum atomic E-state index is -0.507. The van der Waals surface area contributed by atoms with Gasteiger partial charge in [0, 0.05) is 9.13 Å². The molecule has 1 heterocycles. The molecule has 92 valence electrons. The van der Waals surface area contributed by atoms with Crippen LogP contribution in [0, 0.1) is 10.5 Å². The molecule has 0 aliphatic heterocycles. The Labute approximate surface area is 117 Å². The van der Waals surface area contributed by atoms with Crippen LogP contribution in [-0.2, 0) is 0 Å². The molecular weight excluding hydrogens is 345 g/mol. The standard InChI is InChI=1S/C11H10IN5O/c1-7-10(14-11(18)17-15-7)16-13-6-8-4-2-3-5-9(8)12/h2-6H,1H3,(H2,14,16,17,18)/b13-6+. The molecule has 0 fully saturated rings. The number of nitrogens with one attached hydrogen (secondary N) is 2. The van der Waals surface area contributed by atoms with Crippen molar-refractivity contribution in [2.45, 2.75) is 6.92 Å². The Morgan fingerprint density at radius 1 is 1.44 bits per heavy atom. The van der Waals surface area contributed by atoms with Crippen molar-refractivity contribution in [1.29, 1.82) is 0 Å². The van der Waals surface area contributed by atoms with E-state index in [0.717, 1.165) is 9.13 Å². The van der Waals surface area contributed by atoms with Crippen LogP contribution in [0.5, 0.6) is 0 Å². The number of aromatic nitrogens is 3. The second-order valence-corrected chi connectivity index (χ2v) is 4.63. The van der Waals surface area contributed by atoms with Crippen LogP contribution in [0.2, 0.25) is 0 Å². The Balaban J connectivity index is 2.15. The van der Waals surface area contributed by atoms with Crippen molar-refractivity contribution >= 4 is 34.6 Å². The highest BCUT2D eigenvalue weighted by Gasteiger charge is 2.00. The summed E-state index contributed by atoms with van der Waals surface area (Å²) in [5.41, 5.74) is 3.76. The molecule has 7 heteroatoms. The monoisotopic (exact) mass is 355 g/mol. The maximum absolute atomic E-state index is 11.0. The summed E-state index contributed by atoms with van der Waals surface area (Å²) >= 11 is 2.22. The summed E-state index contributed by atoms with van der Waals surface area (Å²) in [6.07, 6.45) is 1.67. The first-order chi connectivity index (χ1) is 8.66. The third-order valence-electron chi connectivity index (χ3n) is 2.15. The zero-order valence-corrected chi connectivity index (χ0v) is 11.7. The lowest BCUT2D eigenvalue weighted by molar-refractivity contribution is 0.879. The van der Waals surface area contributed by atoms with E-state index < -0.39 is 5.69 Å². The summed E-state index contributed by atoms with van der Waals surface area (Å²) in [6, 6.07) is 7.82. The first kappa shape index (κ1) is 12.7. The fourth-order valence-electron chi connectivity index (χ4n) is 1.24. The van der Waals surface area contributed by atoms with Gasteiger partial charge in [-0.05, 0) is 35.6 Å². The lowest BCUT2D eigenvalue weighted by atomic mass is 10.2. The number of aromatic amines is 1. The summed E-state index contributed by atoms with van der Waals surface area (Å²) < 4.78 is 1.09. The molecular formula is C11H10IN5O. The van der Waals surface area contributed by atoms with Gasteiger partial charge in [-0.2, -0.15) is 15.2 Å². The van der Waals surface area contributed by atoms with Gasteiger partial charge in [0.05, 0.1) is 6.21 Å². The first-order valence-electron chi connectivity index (χ1n) is 5.14. The van der Waals surface area contributed by atoms with Gasteiger partial charge >= 0.3 is 5.69 Å². The van der Waals surface area contributed by atoms with Gasteiger partial charge in [-0.25, -0.2) is 9.89 Å². The van der Waals surface area contributed by atoms with E-state index in [2.05, 4.69) is 48.3 Å². The van der Waals surface area contributed by atoms with Gasteiger partial charge in [-0.1, -0.05) is 18.2 Å². The largest absolute Gasteiger partial charge is 0.363 e. The topological polar surface area (TPSA) is 83.0 Å². The van der Waals surface area contributed by atoms with Gasteiger partial charge in [0.15, 0.2) is 5.82 Å². The Hall–Kier alpha value is -1.77. The molecule has 18 heavy (non-hydrogen) atoms. The van der Waals surface area contributed by atoms with E-state index in [-0.39, 0.29) is 0 Å². The summed E-state index contributed by atoms with van der Waals surface area (Å²) in [6.45, 7) is 1.73. The molecule has 2 aromatic rings. The molecule has 1 aromatic carbocycles. The zero-order chi connectivity index (χ0) is 13.0. The van der Waals surface area contributed by atoms with Crippen LogP contribution in [0.15, 0.2) is 34.2 Å². The number of benzene rings is 1. The maximum Gasteiger partial charge on any atom is 0.363 e. The fourth-order valence-corrected chi connectivity index (χ4v) is 1.77. The van der Waals surface area contributed by atoms with Crippen LogP contribution in [0.25, 0.3) is 0 Å². The van der Waals surface area contributed by atoms with Gasteiger partial charge in [0.25, 0.3) is 0 Å². The third kappa shape index (κ3) is 3.13. The van der Waals surface area contributed by atoms with Crippen molar-refractivity contribution in [2.24, 2.45) is 5.10 Å². The van der Waals surface area contributed by atoms with Crippen LogP contribution < -0.4 is 11.1 Å². The SMILES string of the molecule is Cc1n[nH]c(=O)nc1N/N=C/c1ccccc1I. The molecule has 0 atom stereocenters. The average Bonchev–Trinajstić information content (AvgIpc) is 2.36. The number of anilines is 1. The van der Waals surface area contributed by atoms with Crippen molar-refractivity contribution in [2.75, 3.05) is 5.43 Å². The Kier molecular flexibility index (Phi) is 4.03. The molecule has 1 aromatic heterocycles. The van der Waals surface area contributed by atoms with E-state index in [1.165, 1.54) is 0 Å². The summed E-state index contributed by atoms with van der Waals surface area (Å²) in [4.78, 5) is 14.7. The minimum absolute atomic E-state index is 0.348. The number of H-pyrrole nitrogens is 1. The van der Waals surface area contributed by atoms with Crippen molar-refractivity contribution in [1.82, 2.24) is 15.2 Å². The molecule has 6 nitrogen and oxygen atoms in total. The summed E-state index contributed by atoms with van der Waals surface area (Å²) in [5, 5.41) is 10.1. The highest BCUT2D eigenvalue weighted by atomic mass is 127. The zero-order valence-electron chi connectivity index (χ0n) is 9.51. The van der Waals surface area contributed by atoms with Crippen molar-refractivity contribution in [3.05, 3.63) is 49.6 Å². The molecule has 0 unspecified atom stereocenters. The van der Waals surface area contributed by atoms with Crippen LogP contribution >= 0.6 is 22.6 Å². The number of nitrogens with zero attached hydrogens (tertiary/aromatic N) is 3. The predicted octanol–water partition coefficient (Wildman–Crippen LogP) is 1.52. The number of hydrazone groups is 1. The first-order valence-corrected chi connectivity index (χ1v) is 6.21. The number of hydrogen-bond acceptors (Lipinski definition) is 5. The van der Waals surface area contributed by atoms with Gasteiger partial charge in [0.2, 0.25) is 0 Å². The number of aryl methyl sites for hydroxylation is 1. The van der Waals surface area contributed by atoms with Gasteiger partial charge in [-0.15, -0.1) is 0 Å². The highest BCUT2D eigenvalue weighted by Crippen LogP contribution is 2.09. The smallest absolute Gasteiger partial charge is 0.260 e. The van der Waals surface area contributed by atoms with E-state index in [1.54, 1.807) is 13.1 Å². The number of halogens is 1. The maximum atomic E-state index is 11.0. The van der Waals surface area contributed by atoms with Gasteiger partial charge in [-0.3, -0.25) is 5.43 Å². The average molecular weight is 355 g/mol. The molecule has 0 saturated heterocycles. The molecule has 0 saturated carbocycles. The molecule has 2 N–H and O–H groups in total. The van der Waals surface area contributed by atoms with Crippen LogP contribution in [0.1, 0.15) is 11.3 Å². The van der Waals surface area contributed by atoms with Crippen molar-refractivity contribution in [3.63, 3.8) is 0 Å². The molecule has 0 radical (unpaired) electrons. The third-order valence-corrected chi connectivity index (χ3v) is 3.14. The molecule has 2 rings (SSSR count). The summed E-state index contributed by atoms with van der Waals surface area (Å²) in [5.74, 6) is 0.348. The lowest BCUT2D eigenvalue weighted by Gasteiger charge is -2.01. The normalized spacial score (nSPS) is 10.8. The molecule has 0 amide bonds. The second kappa shape index (κ2) is 5.71. The van der Waals surface area contributed by atoms with Crippen LogP contribution in [0.4, 0.5) is 5.82 Å². The van der Waals surface area contributed by atoms with Gasteiger partial charge in [0.1, 0.15) is 5.69 Å². The summed E-state index contributed by atoms with van der Waals surface area (Å²) in [7, 11) is 0. The Bertz CT molecular complexity index is 637. The minimum Gasteiger partial charge on any atom is -0.260 e. The second-order valence-electron chi connectivity index (χ2n) is 3.47. The number of hydrogen-bond donors (Lipinski definition) is 2. The van der Waals surface area contributed by atoms with E-state index in [9.17, 15) is 4.79 Å². The molecule has 0 bridgehead atoms. The Morgan fingerprint density at radius 3 is 3.00 bits per heavy atom. The fraction of sp³-hybridized carbons (Fsp3) is 0.0909. The van der Waals surface area contributed by atoms with Crippen molar-refractivity contribution < 1.29 is 0 Å². The Morgan fingerprint density at radius 2 is 2.22 bits per heavy atom. The van der Waals surface area contributed by atoms with Crippen LogP contribution in [0.3, 0.4) is 0 Å².